The maximum atomic E-state index is 11.1. The number of allylic oxidation sites excluding steroid dienone is 1. The highest BCUT2D eigenvalue weighted by Crippen LogP contribution is 2.09. The largest absolute Gasteiger partial charge is 0.299 e. The number of carbonyl (C=O) groups is 1. The molecule has 0 N–H and O–H groups in total. The first-order chi connectivity index (χ1) is 6.81. The zero-order valence-electron chi connectivity index (χ0n) is 9.56. The molecule has 0 bridgehead atoms. The smallest absolute Gasteiger partial charge is 0.136 e. The molecule has 0 aromatic carbocycles. The Balaban J connectivity index is 3.05. The number of Topliss-reactive ketones (excluding diaryl/α,β-unsaturated/α-hetero) is 1. The van der Waals surface area contributed by atoms with Gasteiger partial charge in [-0.05, 0) is 6.42 Å². The van der Waals surface area contributed by atoms with Crippen molar-refractivity contribution >= 4 is 5.78 Å². The molecule has 0 radical (unpaired) electrons. The molecular formula is C13H24O. The Kier molecular flexibility index (Phi) is 10.0. The van der Waals surface area contributed by atoms with Crippen LogP contribution < -0.4 is 0 Å². The van der Waals surface area contributed by atoms with E-state index in [9.17, 15) is 4.79 Å². The molecule has 82 valence electrons. The summed E-state index contributed by atoms with van der Waals surface area (Å²) in [6.07, 6.45) is 11.9. The Morgan fingerprint density at radius 2 is 1.64 bits per heavy atom. The average molecular weight is 196 g/mol. The Bertz CT molecular complexity index is 149. The summed E-state index contributed by atoms with van der Waals surface area (Å²) < 4.78 is 0. The standard InChI is InChI=1S/C13H24O/c1-3-5-6-7-8-9-10-12-13(14)11-4-2/h4H,2-3,5-12H2,1H3. The van der Waals surface area contributed by atoms with E-state index in [-0.39, 0.29) is 0 Å². The molecule has 0 saturated heterocycles. The Labute approximate surface area is 88.6 Å². The highest BCUT2D eigenvalue weighted by molar-refractivity contribution is 5.79. The van der Waals surface area contributed by atoms with Gasteiger partial charge in [0.25, 0.3) is 0 Å². The fourth-order valence-corrected chi connectivity index (χ4v) is 1.54. The van der Waals surface area contributed by atoms with Crippen LogP contribution in [0.2, 0.25) is 0 Å². The maximum absolute atomic E-state index is 11.1. The summed E-state index contributed by atoms with van der Waals surface area (Å²) in [7, 11) is 0. The van der Waals surface area contributed by atoms with Gasteiger partial charge >= 0.3 is 0 Å². The molecule has 0 fully saturated rings. The Morgan fingerprint density at radius 3 is 2.21 bits per heavy atom. The molecule has 1 nitrogen and oxygen atoms in total. The first-order valence-corrected chi connectivity index (χ1v) is 5.93. The molecule has 0 aromatic rings. The van der Waals surface area contributed by atoms with Crippen LogP contribution in [0.15, 0.2) is 12.7 Å². The molecule has 0 aromatic heterocycles. The Hall–Kier alpha value is -0.590. The molecule has 0 amide bonds. The van der Waals surface area contributed by atoms with Gasteiger partial charge < -0.3 is 0 Å². The van der Waals surface area contributed by atoms with Crippen molar-refractivity contribution in [1.82, 2.24) is 0 Å². The molecule has 14 heavy (non-hydrogen) atoms. The molecular weight excluding hydrogens is 172 g/mol. The second-order valence-electron chi connectivity index (χ2n) is 3.90. The van der Waals surface area contributed by atoms with E-state index < -0.39 is 0 Å². The number of unbranched alkanes of at least 4 members (excludes halogenated alkanes) is 6. The van der Waals surface area contributed by atoms with E-state index in [1.165, 1.54) is 38.5 Å². The monoisotopic (exact) mass is 196 g/mol. The zero-order chi connectivity index (χ0) is 10.6. The third kappa shape index (κ3) is 9.50. The second kappa shape index (κ2) is 10.5. The van der Waals surface area contributed by atoms with E-state index in [0.29, 0.717) is 12.2 Å². The van der Waals surface area contributed by atoms with E-state index in [1.54, 1.807) is 6.08 Å². The molecule has 0 heterocycles. The number of hydrogen-bond donors (Lipinski definition) is 0. The molecule has 0 aliphatic carbocycles. The minimum Gasteiger partial charge on any atom is -0.299 e. The predicted octanol–water partition coefficient (Wildman–Crippen LogP) is 4.27. The van der Waals surface area contributed by atoms with Crippen molar-refractivity contribution < 1.29 is 4.79 Å². The molecule has 0 unspecified atom stereocenters. The molecule has 0 atom stereocenters. The summed E-state index contributed by atoms with van der Waals surface area (Å²) in [4.78, 5) is 11.1. The van der Waals surface area contributed by atoms with Crippen molar-refractivity contribution in [3.8, 4) is 0 Å². The molecule has 0 aliphatic rings. The molecule has 0 aliphatic heterocycles. The summed E-state index contributed by atoms with van der Waals surface area (Å²) in [6.45, 7) is 5.79. The van der Waals surface area contributed by atoms with Gasteiger partial charge in [0.15, 0.2) is 0 Å². The topological polar surface area (TPSA) is 17.1 Å². The van der Waals surface area contributed by atoms with E-state index in [1.807, 2.05) is 0 Å². The highest BCUT2D eigenvalue weighted by Gasteiger charge is 1.98. The third-order valence-corrected chi connectivity index (χ3v) is 2.43. The summed E-state index contributed by atoms with van der Waals surface area (Å²) in [5, 5.41) is 0. The van der Waals surface area contributed by atoms with Crippen molar-refractivity contribution in [2.24, 2.45) is 0 Å². The summed E-state index contributed by atoms with van der Waals surface area (Å²) in [5.74, 6) is 0.341. The lowest BCUT2D eigenvalue weighted by molar-refractivity contribution is -0.118. The number of carbonyl (C=O) groups excluding carboxylic acids is 1. The average Bonchev–Trinajstić information content (AvgIpc) is 2.17. The van der Waals surface area contributed by atoms with Crippen LogP contribution in [0.1, 0.15) is 64.7 Å². The third-order valence-electron chi connectivity index (χ3n) is 2.43. The van der Waals surface area contributed by atoms with Gasteiger partial charge in [-0.1, -0.05) is 51.5 Å². The predicted molar refractivity (Wildman–Crippen MR) is 62.4 cm³/mol. The lowest BCUT2D eigenvalue weighted by Crippen LogP contribution is -1.94. The van der Waals surface area contributed by atoms with Crippen LogP contribution in [0.3, 0.4) is 0 Å². The van der Waals surface area contributed by atoms with Gasteiger partial charge in [0.2, 0.25) is 0 Å². The number of hydrogen-bond acceptors (Lipinski definition) is 1. The van der Waals surface area contributed by atoms with Crippen molar-refractivity contribution in [2.75, 3.05) is 0 Å². The summed E-state index contributed by atoms with van der Waals surface area (Å²) in [6, 6.07) is 0. The van der Waals surface area contributed by atoms with Gasteiger partial charge in [-0.3, -0.25) is 4.79 Å². The quantitative estimate of drug-likeness (QED) is 0.376. The molecule has 0 saturated carbocycles. The molecule has 0 spiro atoms. The normalized spacial score (nSPS) is 10.1. The first-order valence-electron chi connectivity index (χ1n) is 5.93. The number of ketones is 1. The SMILES string of the molecule is C=CCC(=O)CCCCCCCCC. The first kappa shape index (κ1) is 13.4. The fraction of sp³-hybridized carbons (Fsp3) is 0.769. The maximum Gasteiger partial charge on any atom is 0.136 e. The second-order valence-corrected chi connectivity index (χ2v) is 3.90. The van der Waals surface area contributed by atoms with Crippen LogP contribution in [0.25, 0.3) is 0 Å². The lowest BCUT2D eigenvalue weighted by Gasteiger charge is -2.00. The van der Waals surface area contributed by atoms with Crippen molar-refractivity contribution in [2.45, 2.75) is 64.7 Å². The zero-order valence-corrected chi connectivity index (χ0v) is 9.56. The lowest BCUT2D eigenvalue weighted by atomic mass is 10.1. The van der Waals surface area contributed by atoms with Gasteiger partial charge in [0, 0.05) is 12.8 Å². The summed E-state index contributed by atoms with van der Waals surface area (Å²) >= 11 is 0. The van der Waals surface area contributed by atoms with Gasteiger partial charge in [-0.2, -0.15) is 0 Å². The van der Waals surface area contributed by atoms with Crippen LogP contribution in [0.5, 0.6) is 0 Å². The number of rotatable bonds is 10. The summed E-state index contributed by atoms with van der Waals surface area (Å²) in [5.41, 5.74) is 0. The van der Waals surface area contributed by atoms with Gasteiger partial charge in [0.1, 0.15) is 5.78 Å². The van der Waals surface area contributed by atoms with Crippen LogP contribution in [-0.4, -0.2) is 5.78 Å². The molecule has 0 rings (SSSR count). The van der Waals surface area contributed by atoms with Crippen molar-refractivity contribution in [1.29, 1.82) is 0 Å². The van der Waals surface area contributed by atoms with Gasteiger partial charge in [0.05, 0.1) is 0 Å². The van der Waals surface area contributed by atoms with Crippen LogP contribution in [0, 0.1) is 0 Å². The van der Waals surface area contributed by atoms with E-state index in [2.05, 4.69) is 13.5 Å². The van der Waals surface area contributed by atoms with Gasteiger partial charge in [-0.25, -0.2) is 0 Å². The van der Waals surface area contributed by atoms with Crippen molar-refractivity contribution in [3.05, 3.63) is 12.7 Å². The fourth-order valence-electron chi connectivity index (χ4n) is 1.54. The van der Waals surface area contributed by atoms with Crippen LogP contribution in [0.4, 0.5) is 0 Å². The van der Waals surface area contributed by atoms with E-state index in [0.717, 1.165) is 12.8 Å². The van der Waals surface area contributed by atoms with Crippen molar-refractivity contribution in [3.63, 3.8) is 0 Å². The van der Waals surface area contributed by atoms with Crippen LogP contribution >= 0.6 is 0 Å². The molecule has 1 heteroatoms. The van der Waals surface area contributed by atoms with Crippen LogP contribution in [-0.2, 0) is 4.79 Å². The Morgan fingerprint density at radius 1 is 1.07 bits per heavy atom. The van der Waals surface area contributed by atoms with Gasteiger partial charge in [-0.15, -0.1) is 6.58 Å². The van der Waals surface area contributed by atoms with E-state index >= 15 is 0 Å². The highest BCUT2D eigenvalue weighted by atomic mass is 16.1. The van der Waals surface area contributed by atoms with E-state index in [4.69, 9.17) is 0 Å². The minimum absolute atomic E-state index is 0.341. The minimum atomic E-state index is 0.341.